The first-order valence-electron chi connectivity index (χ1n) is 35.3. The Morgan fingerprint density at radius 2 is 0.438 bits per heavy atom. The van der Waals surface area contributed by atoms with E-state index in [1.807, 2.05) is 41.5 Å². The number of fused-ring (bicyclic) bond motifs is 21. The van der Waals surface area contributed by atoms with E-state index < -0.39 is 107 Å². The largest absolute Gasteiger partial charge is 0.506 e. The quantitative estimate of drug-likeness (QED) is 0.0787. The lowest BCUT2D eigenvalue weighted by Gasteiger charge is -2.40. The number of phenolic OH excluding ortho intramolecular Hbond substituents is 2. The highest BCUT2D eigenvalue weighted by molar-refractivity contribution is 6.07. The number of amides is 8. The van der Waals surface area contributed by atoms with Gasteiger partial charge in [-0.2, -0.15) is 0 Å². The van der Waals surface area contributed by atoms with Gasteiger partial charge in [0.15, 0.2) is 0 Å². The molecular formula is C76H102N8O12. The summed E-state index contributed by atoms with van der Waals surface area (Å²) in [5.41, 5.74) is 2.85. The number of aromatic hydroxyl groups is 2. The number of hydrogen-bond donors (Lipinski definition) is 10. The Hall–Kier alpha value is -8.16. The lowest BCUT2D eigenvalue weighted by atomic mass is 9.76. The van der Waals surface area contributed by atoms with Gasteiger partial charge in [-0.1, -0.05) is 81.1 Å². The van der Waals surface area contributed by atoms with Crippen molar-refractivity contribution in [2.75, 3.05) is 13.2 Å². The minimum absolute atomic E-state index is 0.0319. The van der Waals surface area contributed by atoms with Crippen molar-refractivity contribution in [3.8, 4) is 23.0 Å². The van der Waals surface area contributed by atoms with Crippen LogP contribution >= 0.6 is 0 Å². The zero-order valence-electron chi connectivity index (χ0n) is 58.1. The molecule has 2 heterocycles. The second-order valence-corrected chi connectivity index (χ2v) is 30.0. The van der Waals surface area contributed by atoms with Gasteiger partial charge in [0.05, 0.1) is 57.7 Å². The zero-order valence-corrected chi connectivity index (χ0v) is 58.1. The van der Waals surface area contributed by atoms with E-state index in [1.165, 1.54) is 0 Å². The van der Waals surface area contributed by atoms with Crippen molar-refractivity contribution >= 4 is 47.3 Å². The third-order valence-corrected chi connectivity index (χ3v) is 22.0. The first kappa shape index (κ1) is 70.6. The van der Waals surface area contributed by atoms with Gasteiger partial charge in [0.1, 0.15) is 23.0 Å². The van der Waals surface area contributed by atoms with Crippen molar-refractivity contribution in [2.24, 2.45) is 47.3 Å². The molecule has 4 aromatic rings. The number of carbonyl (C=O) groups excluding carboxylic acids is 8. The highest BCUT2D eigenvalue weighted by Gasteiger charge is 2.42. The molecule has 0 saturated heterocycles. The molecule has 6 aliphatic rings. The van der Waals surface area contributed by atoms with E-state index >= 15 is 19.2 Å². The van der Waals surface area contributed by atoms with Crippen LogP contribution in [0.3, 0.4) is 0 Å². The first-order valence-corrected chi connectivity index (χ1v) is 35.3. The lowest BCUT2D eigenvalue weighted by molar-refractivity contribution is 0.0816. The van der Waals surface area contributed by atoms with E-state index in [1.54, 1.807) is 62.4 Å². The molecule has 96 heavy (non-hydrogen) atoms. The maximum Gasteiger partial charge on any atom is 0.255 e. The average Bonchev–Trinajstić information content (AvgIpc) is 0.805. The average molecular weight is 1320 g/mol. The van der Waals surface area contributed by atoms with E-state index in [2.05, 4.69) is 70.2 Å². The molecule has 2 aliphatic heterocycles. The fourth-order valence-corrected chi connectivity index (χ4v) is 16.2. The van der Waals surface area contributed by atoms with E-state index in [9.17, 15) is 29.4 Å². The summed E-state index contributed by atoms with van der Waals surface area (Å²) in [5, 5.41) is 49.5. The summed E-state index contributed by atoms with van der Waals surface area (Å²) in [4.78, 5) is 118. The Balaban J connectivity index is 1.04. The highest BCUT2D eigenvalue weighted by Crippen LogP contribution is 2.39. The molecule has 10 rings (SSSR count). The van der Waals surface area contributed by atoms with Crippen LogP contribution in [0.15, 0.2) is 48.5 Å². The molecule has 16 unspecified atom stereocenters. The van der Waals surface area contributed by atoms with Crippen molar-refractivity contribution in [3.05, 3.63) is 115 Å². The fraction of sp³-hybridized carbons (Fsp3) is 0.579. The molecule has 0 radical (unpaired) electrons. The summed E-state index contributed by atoms with van der Waals surface area (Å²) >= 11 is 0. The molecule has 10 N–H and O–H groups in total. The maximum atomic E-state index is 15.0. The van der Waals surface area contributed by atoms with Gasteiger partial charge in [0.2, 0.25) is 0 Å². The van der Waals surface area contributed by atoms with Crippen molar-refractivity contribution in [1.29, 1.82) is 0 Å². The molecule has 16 atom stereocenters. The molecule has 4 fully saturated rings. The van der Waals surface area contributed by atoms with E-state index in [4.69, 9.17) is 9.47 Å². The molecule has 0 spiro atoms. The molecule has 4 aliphatic carbocycles. The molecule has 0 aromatic heterocycles. The van der Waals surface area contributed by atoms with Crippen LogP contribution in [0, 0.1) is 75.0 Å². The Labute approximate surface area is 565 Å². The SMILES string of the molecule is Cc1cc2c(O)c(c1)C(=O)NC1CC(NC(=O)c3cc(C)cc4c3OCCCCCCCCOc3c(cc(C)cc3C(=O)NC3CC(NC(=O)c5cc(C)cc(c5O)C(=O)NC5CC(NC4=O)C(C)CC5C)C(C)CC3C)C(=O)NC3CC(NC2=O)C(C)CC3C)C(C)CC1C. The monoisotopic (exact) mass is 1320 g/mol. The summed E-state index contributed by atoms with van der Waals surface area (Å²) < 4.78 is 13.3. The summed E-state index contributed by atoms with van der Waals surface area (Å²) in [5.74, 6) is -5.11. The van der Waals surface area contributed by atoms with Gasteiger partial charge in [-0.15, -0.1) is 0 Å². The standard InChI is InChI=1S/C76H102N8O12/c1-37-21-49-65(85)50(22-37)70(88)78-58-34-62(46(10)30-42(58)6)82-74(92)54-26-40(4)28-56-68(54)96-20-18-16-14-13-15-17-19-95-67-53(73(91)81-61-33-57(77-69(49)87)41(5)29-45(61)9)25-39(3)27-55(67)75(93)83-63-35-59(43(7)31-47(63)11)79-71(89)51-23-38(2)24-52(66(51)86)72(90)80-60-36-64(84-76(56)94)48(12)32-44(60)8/h21-28,41-48,57-64,85-86H,13-20,29-36H2,1-12H3,(H,77,87)(H,78,88)(H,79,89)(H,80,90)(H,81,91)(H,82,92)(H,83,93)(H,84,94). The minimum Gasteiger partial charge on any atom is -0.506 e. The fourth-order valence-electron chi connectivity index (χ4n) is 16.2. The predicted octanol–water partition coefficient (Wildman–Crippen LogP) is 10.6. The van der Waals surface area contributed by atoms with E-state index in [0.717, 1.165) is 25.7 Å². The van der Waals surface area contributed by atoms with Crippen LogP contribution in [-0.4, -0.2) is 119 Å². The Morgan fingerprint density at radius 3 is 0.635 bits per heavy atom. The summed E-state index contributed by atoms with van der Waals surface area (Å²) in [7, 11) is 0. The summed E-state index contributed by atoms with van der Waals surface area (Å²) in [6.07, 6.45) is 8.32. The summed E-state index contributed by atoms with van der Waals surface area (Å²) in [6.45, 7) is 23.9. The second kappa shape index (κ2) is 30.1. The molecular weight excluding hydrogens is 1220 g/mol. The highest BCUT2D eigenvalue weighted by atomic mass is 16.5. The zero-order chi connectivity index (χ0) is 69.1. The smallest absolute Gasteiger partial charge is 0.255 e. The number of aryl methyl sites for hydroxylation is 4. The number of nitrogens with one attached hydrogen (secondary N) is 8. The molecule has 518 valence electrons. The molecule has 4 saturated carbocycles. The van der Waals surface area contributed by atoms with E-state index in [0.29, 0.717) is 86.5 Å². The molecule has 20 nitrogen and oxygen atoms in total. The van der Waals surface area contributed by atoms with Gasteiger partial charge in [0, 0.05) is 48.3 Å². The van der Waals surface area contributed by atoms with Crippen LogP contribution in [-0.2, 0) is 0 Å². The van der Waals surface area contributed by atoms with Gasteiger partial charge in [0.25, 0.3) is 47.3 Å². The molecule has 20 heteroatoms. The Bertz CT molecular complexity index is 3210. The third kappa shape index (κ3) is 15.9. The maximum absolute atomic E-state index is 15.0. The lowest BCUT2D eigenvalue weighted by Crippen LogP contribution is -2.53. The van der Waals surface area contributed by atoms with Crippen LogP contribution in [0.25, 0.3) is 0 Å². The van der Waals surface area contributed by atoms with Gasteiger partial charge in [-0.3, -0.25) is 38.4 Å². The predicted molar refractivity (Wildman–Crippen MR) is 367 cm³/mol. The van der Waals surface area contributed by atoms with Gasteiger partial charge < -0.3 is 62.2 Å². The molecule has 4 aromatic carbocycles. The van der Waals surface area contributed by atoms with Crippen LogP contribution < -0.4 is 52.0 Å². The first-order chi connectivity index (χ1) is 45.6. The van der Waals surface area contributed by atoms with Crippen molar-refractivity contribution in [1.82, 2.24) is 42.5 Å². The summed E-state index contributed by atoms with van der Waals surface area (Å²) in [6, 6.07) is 9.51. The topological polar surface area (TPSA) is 292 Å². The normalized spacial score (nSPS) is 30.9. The number of hydrogen-bond acceptors (Lipinski definition) is 12. The van der Waals surface area contributed by atoms with Crippen molar-refractivity contribution in [2.45, 2.75) is 221 Å². The van der Waals surface area contributed by atoms with Gasteiger partial charge in [-0.25, -0.2) is 0 Å². The second-order valence-electron chi connectivity index (χ2n) is 30.0. The third-order valence-electron chi connectivity index (χ3n) is 22.0. The number of carbonyl (C=O) groups is 8. The van der Waals surface area contributed by atoms with Crippen LogP contribution in [0.2, 0.25) is 0 Å². The Morgan fingerprint density at radius 1 is 0.271 bits per heavy atom. The number of phenols is 2. The van der Waals surface area contributed by atoms with Gasteiger partial charge >= 0.3 is 0 Å². The van der Waals surface area contributed by atoms with Crippen LogP contribution in [0.4, 0.5) is 0 Å². The van der Waals surface area contributed by atoms with Gasteiger partial charge in [-0.05, 0) is 210 Å². The van der Waals surface area contributed by atoms with Crippen LogP contribution in [0.5, 0.6) is 23.0 Å². The molecule has 14 bridgehead atoms. The van der Waals surface area contributed by atoms with Crippen molar-refractivity contribution < 1.29 is 58.0 Å². The number of rotatable bonds is 0. The molecule has 8 amide bonds. The minimum atomic E-state index is -0.577. The number of ether oxygens (including phenoxy) is 2. The van der Waals surface area contributed by atoms with Crippen molar-refractivity contribution in [3.63, 3.8) is 0 Å². The Kier molecular flexibility index (Phi) is 22.1. The van der Waals surface area contributed by atoms with E-state index in [-0.39, 0.29) is 117 Å². The van der Waals surface area contributed by atoms with Crippen LogP contribution in [0.1, 0.15) is 250 Å². The number of benzene rings is 4.